The Labute approximate surface area is 107 Å². The van der Waals surface area contributed by atoms with Gasteiger partial charge in [-0.05, 0) is 19.1 Å². The van der Waals surface area contributed by atoms with Crippen LogP contribution >= 0.6 is 0 Å². The van der Waals surface area contributed by atoms with E-state index in [9.17, 15) is 9.59 Å². The molecule has 2 N–H and O–H groups in total. The third-order valence-corrected chi connectivity index (χ3v) is 2.44. The summed E-state index contributed by atoms with van der Waals surface area (Å²) < 4.78 is 5.10. The Balaban J connectivity index is 2.40. The number of nitrogens with one attached hydrogen (secondary N) is 2. The third kappa shape index (κ3) is 4.24. The van der Waals surface area contributed by atoms with E-state index in [1.807, 2.05) is 0 Å². The fourth-order valence-electron chi connectivity index (χ4n) is 1.22. The van der Waals surface area contributed by atoms with E-state index in [1.54, 1.807) is 46.1 Å². The molecule has 1 atom stereocenters. The molecule has 100 valence electrons. The first-order valence-corrected chi connectivity index (χ1v) is 5.92. The maximum atomic E-state index is 11.7. The van der Waals surface area contributed by atoms with Crippen LogP contribution in [0.2, 0.25) is 0 Å². The van der Waals surface area contributed by atoms with Crippen molar-refractivity contribution in [2.45, 2.75) is 40.3 Å². The molecule has 0 aliphatic heterocycles. The van der Waals surface area contributed by atoms with Crippen molar-refractivity contribution >= 4 is 11.8 Å². The van der Waals surface area contributed by atoms with Gasteiger partial charge >= 0.3 is 0 Å². The first-order chi connectivity index (χ1) is 8.30. The third-order valence-electron chi connectivity index (χ3n) is 2.44. The van der Waals surface area contributed by atoms with Gasteiger partial charge in [-0.3, -0.25) is 9.59 Å². The molecule has 5 heteroatoms. The van der Waals surface area contributed by atoms with Gasteiger partial charge in [-0.25, -0.2) is 0 Å². The number of furan rings is 1. The lowest BCUT2D eigenvalue weighted by Gasteiger charge is -2.21. The zero-order valence-corrected chi connectivity index (χ0v) is 11.2. The van der Waals surface area contributed by atoms with Crippen molar-refractivity contribution in [2.24, 2.45) is 5.41 Å². The van der Waals surface area contributed by atoms with Crippen molar-refractivity contribution in [3.63, 3.8) is 0 Å². The molecule has 5 nitrogen and oxygen atoms in total. The fraction of sp³-hybridized carbons (Fsp3) is 0.538. The van der Waals surface area contributed by atoms with E-state index < -0.39 is 11.5 Å². The fourth-order valence-corrected chi connectivity index (χ4v) is 1.22. The molecular weight excluding hydrogens is 232 g/mol. The number of hydrogen-bond donors (Lipinski definition) is 2. The minimum absolute atomic E-state index is 0.150. The van der Waals surface area contributed by atoms with Crippen LogP contribution in [0, 0.1) is 5.41 Å². The van der Waals surface area contributed by atoms with Crippen molar-refractivity contribution in [1.29, 1.82) is 0 Å². The summed E-state index contributed by atoms with van der Waals surface area (Å²) >= 11 is 0. The van der Waals surface area contributed by atoms with Crippen molar-refractivity contribution in [1.82, 2.24) is 10.6 Å². The summed E-state index contributed by atoms with van der Waals surface area (Å²) in [4.78, 5) is 23.4. The minimum Gasteiger partial charge on any atom is -0.467 e. The zero-order chi connectivity index (χ0) is 13.8. The molecule has 0 aliphatic carbocycles. The van der Waals surface area contributed by atoms with Crippen LogP contribution in [-0.4, -0.2) is 17.9 Å². The van der Waals surface area contributed by atoms with Gasteiger partial charge in [0.2, 0.25) is 11.8 Å². The zero-order valence-electron chi connectivity index (χ0n) is 11.2. The quantitative estimate of drug-likeness (QED) is 0.852. The maximum Gasteiger partial charge on any atom is 0.242 e. The maximum absolute atomic E-state index is 11.7. The van der Waals surface area contributed by atoms with Gasteiger partial charge in [0.1, 0.15) is 11.8 Å². The van der Waals surface area contributed by atoms with E-state index in [0.717, 1.165) is 0 Å². The Morgan fingerprint density at radius 1 is 1.39 bits per heavy atom. The predicted molar refractivity (Wildman–Crippen MR) is 67.6 cm³/mol. The molecule has 1 aromatic rings. The lowest BCUT2D eigenvalue weighted by atomic mass is 9.95. The second-order valence-electron chi connectivity index (χ2n) is 5.24. The number of carbonyl (C=O) groups is 2. The summed E-state index contributed by atoms with van der Waals surface area (Å²) in [5.74, 6) is 0.296. The summed E-state index contributed by atoms with van der Waals surface area (Å²) in [5.41, 5.74) is -0.504. The molecule has 0 unspecified atom stereocenters. The molecular formula is C13H20N2O3. The van der Waals surface area contributed by atoms with Crippen molar-refractivity contribution in [3.8, 4) is 0 Å². The van der Waals surface area contributed by atoms with Gasteiger partial charge in [-0.15, -0.1) is 0 Å². The number of rotatable bonds is 4. The van der Waals surface area contributed by atoms with Crippen LogP contribution in [0.25, 0.3) is 0 Å². The monoisotopic (exact) mass is 252 g/mol. The standard InChI is InChI=1S/C13H20N2O3/c1-9(15-12(17)13(2,3)4)11(16)14-8-10-6-5-7-18-10/h5-7,9H,8H2,1-4H3,(H,14,16)(H,15,17)/t9-/m1/s1. The van der Waals surface area contributed by atoms with E-state index >= 15 is 0 Å². The lowest BCUT2D eigenvalue weighted by molar-refractivity contribution is -0.133. The predicted octanol–water partition coefficient (Wildman–Crippen LogP) is 1.45. The number of hydrogen-bond acceptors (Lipinski definition) is 3. The first-order valence-electron chi connectivity index (χ1n) is 5.92. The van der Waals surface area contributed by atoms with Crippen LogP contribution in [0.5, 0.6) is 0 Å². The van der Waals surface area contributed by atoms with E-state index in [-0.39, 0.29) is 11.8 Å². The molecule has 1 heterocycles. The van der Waals surface area contributed by atoms with Crippen LogP contribution in [0.1, 0.15) is 33.5 Å². The molecule has 0 aliphatic rings. The van der Waals surface area contributed by atoms with E-state index in [2.05, 4.69) is 10.6 Å². The van der Waals surface area contributed by atoms with Crippen LogP contribution in [-0.2, 0) is 16.1 Å². The Bertz CT molecular complexity index is 404. The Kier molecular flexibility index (Phi) is 4.53. The van der Waals surface area contributed by atoms with E-state index in [1.165, 1.54) is 0 Å². The summed E-state index contributed by atoms with van der Waals surface area (Å²) in [6.45, 7) is 7.38. The largest absolute Gasteiger partial charge is 0.467 e. The van der Waals surface area contributed by atoms with Gasteiger partial charge in [0.25, 0.3) is 0 Å². The van der Waals surface area contributed by atoms with Crippen LogP contribution in [0.3, 0.4) is 0 Å². The SMILES string of the molecule is C[C@@H](NC(=O)C(C)(C)C)C(=O)NCc1ccco1. The normalized spacial score (nSPS) is 12.9. The highest BCUT2D eigenvalue weighted by Crippen LogP contribution is 2.12. The molecule has 18 heavy (non-hydrogen) atoms. The lowest BCUT2D eigenvalue weighted by Crippen LogP contribution is -2.48. The summed E-state index contributed by atoms with van der Waals surface area (Å²) in [7, 11) is 0. The molecule has 0 spiro atoms. The van der Waals surface area contributed by atoms with Gasteiger partial charge in [-0.2, -0.15) is 0 Å². The Morgan fingerprint density at radius 2 is 2.06 bits per heavy atom. The molecule has 0 fully saturated rings. The molecule has 0 radical (unpaired) electrons. The van der Waals surface area contributed by atoms with Gasteiger partial charge in [0, 0.05) is 5.41 Å². The number of carbonyl (C=O) groups excluding carboxylic acids is 2. The summed E-state index contributed by atoms with van der Waals surface area (Å²) in [6, 6.07) is 2.97. The van der Waals surface area contributed by atoms with E-state index in [4.69, 9.17) is 4.42 Å². The molecule has 0 saturated carbocycles. The van der Waals surface area contributed by atoms with Crippen LogP contribution in [0.4, 0.5) is 0 Å². The van der Waals surface area contributed by atoms with Crippen LogP contribution < -0.4 is 10.6 Å². The Hall–Kier alpha value is -1.78. The number of amides is 2. The van der Waals surface area contributed by atoms with E-state index in [0.29, 0.717) is 12.3 Å². The molecule has 0 saturated heterocycles. The second kappa shape index (κ2) is 5.71. The topological polar surface area (TPSA) is 71.3 Å². The van der Waals surface area contributed by atoms with Crippen molar-refractivity contribution in [2.75, 3.05) is 0 Å². The molecule has 2 amide bonds. The average Bonchev–Trinajstić information content (AvgIpc) is 2.77. The molecule has 0 bridgehead atoms. The molecule has 1 aromatic heterocycles. The molecule has 0 aromatic carbocycles. The van der Waals surface area contributed by atoms with Crippen LogP contribution in [0.15, 0.2) is 22.8 Å². The minimum atomic E-state index is -0.563. The Morgan fingerprint density at radius 3 is 2.56 bits per heavy atom. The first kappa shape index (κ1) is 14.3. The second-order valence-corrected chi connectivity index (χ2v) is 5.24. The van der Waals surface area contributed by atoms with Gasteiger partial charge in [-0.1, -0.05) is 20.8 Å². The highest BCUT2D eigenvalue weighted by atomic mass is 16.3. The smallest absolute Gasteiger partial charge is 0.242 e. The van der Waals surface area contributed by atoms with Gasteiger partial charge in [0.05, 0.1) is 12.8 Å². The highest BCUT2D eigenvalue weighted by Gasteiger charge is 2.24. The van der Waals surface area contributed by atoms with Gasteiger partial charge < -0.3 is 15.1 Å². The molecule has 1 rings (SSSR count). The highest BCUT2D eigenvalue weighted by molar-refractivity contribution is 5.89. The van der Waals surface area contributed by atoms with Crippen molar-refractivity contribution < 1.29 is 14.0 Å². The van der Waals surface area contributed by atoms with Crippen molar-refractivity contribution in [3.05, 3.63) is 24.2 Å². The van der Waals surface area contributed by atoms with Gasteiger partial charge in [0.15, 0.2) is 0 Å². The summed E-state index contributed by atoms with van der Waals surface area (Å²) in [6.07, 6.45) is 1.55. The summed E-state index contributed by atoms with van der Waals surface area (Å²) in [5, 5.41) is 5.36. The average molecular weight is 252 g/mol.